The molecular formula is C98H66N4. The lowest BCUT2D eigenvalue weighted by Gasteiger charge is -2.28. The number of hydrogen-bond acceptors (Lipinski definition) is 2. The lowest BCUT2D eigenvalue weighted by atomic mass is 9.86. The van der Waals surface area contributed by atoms with Crippen molar-refractivity contribution in [1.82, 2.24) is 9.13 Å². The van der Waals surface area contributed by atoms with Crippen LogP contribution in [0.2, 0.25) is 0 Å². The molecule has 0 amide bonds. The van der Waals surface area contributed by atoms with E-state index in [0.717, 1.165) is 90.2 Å². The summed E-state index contributed by atoms with van der Waals surface area (Å²) in [5.74, 6) is 0. The number of aromatic nitrogens is 2. The summed E-state index contributed by atoms with van der Waals surface area (Å²) in [4.78, 5) is 4.90. The predicted octanol–water partition coefficient (Wildman–Crippen LogP) is 27.1. The molecule has 0 saturated heterocycles. The van der Waals surface area contributed by atoms with Crippen LogP contribution in [0.3, 0.4) is 0 Å². The normalized spacial score (nSPS) is 11.5. The monoisotopic (exact) mass is 1300 g/mol. The smallest absolute Gasteiger partial charge is 0.0619 e. The lowest BCUT2D eigenvalue weighted by molar-refractivity contribution is 1.13. The molecule has 102 heavy (non-hydrogen) atoms. The van der Waals surface area contributed by atoms with Crippen molar-refractivity contribution in [2.75, 3.05) is 9.80 Å². The summed E-state index contributed by atoms with van der Waals surface area (Å²) in [5, 5.41) is 11.9. The highest BCUT2D eigenvalue weighted by molar-refractivity contribution is 6.22. The molecule has 0 atom stereocenters. The van der Waals surface area contributed by atoms with Crippen molar-refractivity contribution < 1.29 is 0 Å². The Morgan fingerprint density at radius 1 is 0.176 bits per heavy atom. The second-order valence-corrected chi connectivity index (χ2v) is 26.3. The van der Waals surface area contributed by atoms with E-state index in [1.54, 1.807) is 0 Å². The Labute approximate surface area is 593 Å². The summed E-state index contributed by atoms with van der Waals surface area (Å²) in [7, 11) is 0. The van der Waals surface area contributed by atoms with E-state index in [2.05, 4.69) is 419 Å². The van der Waals surface area contributed by atoms with Crippen LogP contribution in [0, 0.1) is 0 Å². The summed E-state index contributed by atoms with van der Waals surface area (Å²) in [6.07, 6.45) is 0. The Morgan fingerprint density at radius 2 is 0.451 bits per heavy atom. The molecule has 0 aliphatic rings. The van der Waals surface area contributed by atoms with Crippen LogP contribution in [0.1, 0.15) is 0 Å². The standard InChI is InChI=1S/C98H66N4/c1-7-31-69(32-8-1)95-87-63-61-79(65-91(87)101(75-41-15-5-16-42-75)97(95)73-35-11-3-12-36-73)99(89-51-27-39-67-29-19-21-45-81(67)89)77-57-53-71(54-58-77)93-83-47-23-25-49-85(83)94(86-50-26-24-48-84(86)93)72-55-59-78(60-56-72)100(90-52-28-40-68-30-20-22-46-82(68)90)80-62-64-88-92(66-80)102(76-43-17-6-18-44-76)98(74-37-13-4-14-38-74)96(88)70-33-9-2-10-34-70/h1-66H. The molecule has 19 rings (SSSR count). The fraction of sp³-hybridized carbons (Fsp3) is 0. The van der Waals surface area contributed by atoms with E-state index in [4.69, 9.17) is 0 Å². The van der Waals surface area contributed by atoms with E-state index >= 15 is 0 Å². The Hall–Kier alpha value is -13.5. The first-order chi connectivity index (χ1) is 50.7. The highest BCUT2D eigenvalue weighted by Crippen LogP contribution is 2.51. The largest absolute Gasteiger partial charge is 0.310 e. The van der Waals surface area contributed by atoms with Crippen LogP contribution in [0.5, 0.6) is 0 Å². The fourth-order valence-corrected chi connectivity index (χ4v) is 16.0. The summed E-state index contributed by atoms with van der Waals surface area (Å²) in [5.41, 5.74) is 25.0. The maximum atomic E-state index is 2.46. The summed E-state index contributed by atoms with van der Waals surface area (Å²) < 4.78 is 4.93. The number of para-hydroxylation sites is 2. The number of rotatable bonds is 14. The van der Waals surface area contributed by atoms with Gasteiger partial charge in [-0.2, -0.15) is 0 Å². The van der Waals surface area contributed by atoms with Gasteiger partial charge >= 0.3 is 0 Å². The van der Waals surface area contributed by atoms with Gasteiger partial charge in [-0.15, -0.1) is 0 Å². The van der Waals surface area contributed by atoms with Gasteiger partial charge in [-0.05, 0) is 162 Å². The minimum atomic E-state index is 1.06. The van der Waals surface area contributed by atoms with E-state index < -0.39 is 0 Å². The molecule has 0 unspecified atom stereocenters. The molecule has 17 aromatic carbocycles. The summed E-state index contributed by atoms with van der Waals surface area (Å²) in [6, 6.07) is 147. The third-order valence-electron chi connectivity index (χ3n) is 20.4. The lowest BCUT2D eigenvalue weighted by Crippen LogP contribution is -2.10. The molecule has 0 bridgehead atoms. The number of hydrogen-bond donors (Lipinski definition) is 0. The van der Waals surface area contributed by atoms with Gasteiger partial charge in [0.25, 0.3) is 0 Å². The minimum Gasteiger partial charge on any atom is -0.310 e. The molecule has 0 spiro atoms. The van der Waals surface area contributed by atoms with E-state index in [0.29, 0.717) is 0 Å². The molecule has 0 aliphatic heterocycles. The number of fused-ring (bicyclic) bond motifs is 6. The zero-order valence-corrected chi connectivity index (χ0v) is 55.9. The second-order valence-electron chi connectivity index (χ2n) is 26.3. The second kappa shape index (κ2) is 25.4. The van der Waals surface area contributed by atoms with Crippen LogP contribution >= 0.6 is 0 Å². The van der Waals surface area contributed by atoms with Gasteiger partial charge < -0.3 is 18.9 Å². The molecule has 0 fully saturated rings. The van der Waals surface area contributed by atoms with Gasteiger partial charge in [0.2, 0.25) is 0 Å². The van der Waals surface area contributed by atoms with Gasteiger partial charge in [-0.25, -0.2) is 0 Å². The van der Waals surface area contributed by atoms with Gasteiger partial charge in [0.1, 0.15) is 0 Å². The van der Waals surface area contributed by atoms with Gasteiger partial charge in [-0.1, -0.05) is 315 Å². The minimum absolute atomic E-state index is 1.06. The predicted molar refractivity (Wildman–Crippen MR) is 432 cm³/mol. The highest BCUT2D eigenvalue weighted by Gasteiger charge is 2.28. The Kier molecular flexibility index (Phi) is 14.9. The third-order valence-corrected chi connectivity index (χ3v) is 20.4. The zero-order chi connectivity index (χ0) is 67.5. The van der Waals surface area contributed by atoms with Crippen LogP contribution in [0.25, 0.3) is 143 Å². The Bertz CT molecular complexity index is 5870. The molecule has 2 heterocycles. The zero-order valence-electron chi connectivity index (χ0n) is 55.9. The van der Waals surface area contributed by atoms with Crippen molar-refractivity contribution in [2.24, 2.45) is 0 Å². The van der Waals surface area contributed by atoms with Gasteiger partial charge in [-0.3, -0.25) is 0 Å². The van der Waals surface area contributed by atoms with Gasteiger partial charge in [0.05, 0.1) is 33.8 Å². The van der Waals surface area contributed by atoms with Gasteiger partial charge in [0.15, 0.2) is 0 Å². The number of anilines is 6. The molecular weight excluding hydrogens is 1230 g/mol. The molecule has 0 radical (unpaired) electrons. The fourth-order valence-electron chi connectivity index (χ4n) is 16.0. The van der Waals surface area contributed by atoms with Crippen LogP contribution in [0.4, 0.5) is 34.1 Å². The van der Waals surface area contributed by atoms with Crippen molar-refractivity contribution >= 4 is 99.0 Å². The van der Waals surface area contributed by atoms with E-state index in [1.807, 2.05) is 0 Å². The number of nitrogens with zero attached hydrogens (tertiary/aromatic N) is 4. The third kappa shape index (κ3) is 10.2. The quantitative estimate of drug-likeness (QED) is 0.101. The average molecular weight is 1300 g/mol. The molecule has 2 aromatic heterocycles. The van der Waals surface area contributed by atoms with Crippen molar-refractivity contribution in [2.45, 2.75) is 0 Å². The Balaban J connectivity index is 0.754. The van der Waals surface area contributed by atoms with Crippen molar-refractivity contribution in [1.29, 1.82) is 0 Å². The molecule has 4 nitrogen and oxygen atoms in total. The molecule has 0 aliphatic carbocycles. The average Bonchev–Trinajstić information content (AvgIpc) is 1.49. The molecule has 19 aromatic rings. The van der Waals surface area contributed by atoms with Crippen LogP contribution in [-0.4, -0.2) is 9.13 Å². The highest BCUT2D eigenvalue weighted by atomic mass is 15.2. The molecule has 0 saturated carbocycles. The topological polar surface area (TPSA) is 16.3 Å². The van der Waals surface area contributed by atoms with Crippen LogP contribution < -0.4 is 9.80 Å². The van der Waals surface area contributed by atoms with Crippen LogP contribution in [0.15, 0.2) is 400 Å². The van der Waals surface area contributed by atoms with Crippen molar-refractivity contribution in [3.05, 3.63) is 400 Å². The summed E-state index contributed by atoms with van der Waals surface area (Å²) in [6.45, 7) is 0. The van der Waals surface area contributed by atoms with E-state index in [-0.39, 0.29) is 0 Å². The first-order valence-electron chi connectivity index (χ1n) is 35.1. The van der Waals surface area contributed by atoms with E-state index in [9.17, 15) is 0 Å². The van der Waals surface area contributed by atoms with Crippen LogP contribution in [-0.2, 0) is 0 Å². The first kappa shape index (κ1) is 59.7. The SMILES string of the molecule is c1ccc(-c2c(-c3ccccc3)n(-c3ccccc3)c3cc(N(c4ccc(-c5c6ccccc6c(-c6ccc(N(c7ccc8c(-c9ccccc9)c(-c9ccccc9)n(-c9ccccc9)c8c7)c7cccc8ccccc78)cc6)c6ccccc56)cc4)c4cccc5ccccc45)ccc23)cc1. The molecule has 478 valence electrons. The summed E-state index contributed by atoms with van der Waals surface area (Å²) >= 11 is 0. The molecule has 4 heteroatoms. The van der Waals surface area contributed by atoms with Gasteiger partial charge in [0, 0.05) is 66.8 Å². The maximum absolute atomic E-state index is 2.46. The van der Waals surface area contributed by atoms with E-state index in [1.165, 1.54) is 87.2 Å². The van der Waals surface area contributed by atoms with Crippen molar-refractivity contribution in [3.8, 4) is 78.4 Å². The Morgan fingerprint density at radius 3 is 0.804 bits per heavy atom. The number of benzene rings is 17. The maximum Gasteiger partial charge on any atom is 0.0619 e. The first-order valence-corrected chi connectivity index (χ1v) is 35.1. The molecule has 0 N–H and O–H groups in total. The van der Waals surface area contributed by atoms with Crippen molar-refractivity contribution in [3.63, 3.8) is 0 Å².